The maximum Gasteiger partial charge on any atom is 0.0601 e. The van der Waals surface area contributed by atoms with Crippen LogP contribution in [0.2, 0.25) is 0 Å². The van der Waals surface area contributed by atoms with Gasteiger partial charge in [0.25, 0.3) is 0 Å². The van der Waals surface area contributed by atoms with Crippen molar-refractivity contribution in [3.63, 3.8) is 0 Å². The van der Waals surface area contributed by atoms with Gasteiger partial charge in [0, 0.05) is 0 Å². The quantitative estimate of drug-likeness (QED) is 0.589. The Kier molecular flexibility index (Phi) is 1.61. The lowest BCUT2D eigenvalue weighted by Gasteiger charge is -2.46. The second-order valence-electron chi connectivity index (χ2n) is 5.48. The highest BCUT2D eigenvalue weighted by atomic mass is 16.3. The van der Waals surface area contributed by atoms with Gasteiger partial charge in [-0.1, -0.05) is 27.2 Å². The molecule has 0 aromatic rings. The van der Waals surface area contributed by atoms with Crippen LogP contribution in [0.1, 0.15) is 46.5 Å². The van der Waals surface area contributed by atoms with E-state index < -0.39 is 0 Å². The summed E-state index contributed by atoms with van der Waals surface area (Å²) in [7, 11) is 0. The third-order valence-corrected chi connectivity index (χ3v) is 4.98. The highest BCUT2D eigenvalue weighted by Gasteiger charge is 2.58. The van der Waals surface area contributed by atoms with Crippen molar-refractivity contribution >= 4 is 0 Å². The van der Waals surface area contributed by atoms with E-state index >= 15 is 0 Å². The molecule has 2 bridgehead atoms. The van der Waals surface area contributed by atoms with E-state index in [9.17, 15) is 5.11 Å². The summed E-state index contributed by atoms with van der Waals surface area (Å²) in [6.07, 6.45) is 4.88. The predicted molar refractivity (Wildman–Crippen MR) is 49.9 cm³/mol. The molecular weight excluding hydrogens is 148 g/mol. The lowest BCUT2D eigenvalue weighted by molar-refractivity contribution is -0.0284. The van der Waals surface area contributed by atoms with E-state index in [1.165, 1.54) is 19.3 Å². The Balaban J connectivity index is 2.38. The smallest absolute Gasteiger partial charge is 0.0601 e. The molecule has 3 unspecified atom stereocenters. The number of rotatable bonds is 0. The largest absolute Gasteiger partial charge is 0.393 e. The molecule has 2 aliphatic rings. The summed E-state index contributed by atoms with van der Waals surface area (Å²) in [5, 5.41) is 9.99. The normalized spacial score (nSPS) is 51.0. The Morgan fingerprint density at radius 1 is 1.25 bits per heavy atom. The third kappa shape index (κ3) is 0.783. The molecule has 0 aromatic carbocycles. The zero-order valence-electron chi connectivity index (χ0n) is 8.43. The molecule has 0 aromatic heterocycles. The molecule has 1 N–H and O–H groups in total. The molecule has 2 aliphatic carbocycles. The standard InChI is InChI=1S/C11H20O/c1-10(2)8-5-4-6-11(10,3)9(12)7-8/h8-9,12H,4-7H2,1-3H3. The average Bonchev–Trinajstić information content (AvgIpc) is 2.16. The Morgan fingerprint density at radius 3 is 2.42 bits per heavy atom. The zero-order chi connectivity index (χ0) is 8.98. The topological polar surface area (TPSA) is 20.2 Å². The molecule has 2 rings (SSSR count). The number of fused-ring (bicyclic) bond motifs is 2. The van der Waals surface area contributed by atoms with Gasteiger partial charge < -0.3 is 5.11 Å². The zero-order valence-corrected chi connectivity index (χ0v) is 8.43. The fourth-order valence-corrected chi connectivity index (χ4v) is 3.40. The van der Waals surface area contributed by atoms with Crippen LogP contribution in [0.4, 0.5) is 0 Å². The molecule has 2 saturated carbocycles. The van der Waals surface area contributed by atoms with Crippen molar-refractivity contribution in [3.8, 4) is 0 Å². The van der Waals surface area contributed by atoms with Crippen molar-refractivity contribution in [1.82, 2.24) is 0 Å². The Morgan fingerprint density at radius 2 is 1.92 bits per heavy atom. The Labute approximate surface area is 75.2 Å². The van der Waals surface area contributed by atoms with E-state index in [0.717, 1.165) is 12.3 Å². The fourth-order valence-electron chi connectivity index (χ4n) is 3.40. The van der Waals surface area contributed by atoms with Crippen LogP contribution in [0.5, 0.6) is 0 Å². The summed E-state index contributed by atoms with van der Waals surface area (Å²) in [4.78, 5) is 0. The fraction of sp³-hybridized carbons (Fsp3) is 1.00. The van der Waals surface area contributed by atoms with E-state index in [0.29, 0.717) is 5.41 Å². The SMILES string of the molecule is CC1(C)C2CCCC1(C)C(O)C2. The molecular formula is C11H20O. The van der Waals surface area contributed by atoms with Gasteiger partial charge in [0.1, 0.15) is 0 Å². The highest BCUT2D eigenvalue weighted by molar-refractivity contribution is 5.07. The molecule has 0 spiro atoms. The maximum absolute atomic E-state index is 9.99. The molecule has 3 atom stereocenters. The highest BCUT2D eigenvalue weighted by Crippen LogP contribution is 2.62. The van der Waals surface area contributed by atoms with Gasteiger partial charge in [0.15, 0.2) is 0 Å². The van der Waals surface area contributed by atoms with Gasteiger partial charge in [0.2, 0.25) is 0 Å². The predicted octanol–water partition coefficient (Wildman–Crippen LogP) is 2.58. The second kappa shape index (κ2) is 2.25. The van der Waals surface area contributed by atoms with Crippen molar-refractivity contribution in [2.45, 2.75) is 52.6 Å². The summed E-state index contributed by atoms with van der Waals surface area (Å²) in [5.41, 5.74) is 0.570. The van der Waals surface area contributed by atoms with Crippen LogP contribution in [-0.2, 0) is 0 Å². The van der Waals surface area contributed by atoms with Crippen molar-refractivity contribution in [2.75, 3.05) is 0 Å². The summed E-state index contributed by atoms with van der Waals surface area (Å²) in [5.74, 6) is 0.770. The first-order valence-electron chi connectivity index (χ1n) is 5.16. The number of aliphatic hydroxyl groups excluding tert-OH is 1. The molecule has 1 heteroatoms. The first-order chi connectivity index (χ1) is 5.48. The monoisotopic (exact) mass is 168 g/mol. The van der Waals surface area contributed by atoms with Crippen molar-refractivity contribution in [3.05, 3.63) is 0 Å². The van der Waals surface area contributed by atoms with Gasteiger partial charge in [0.05, 0.1) is 6.10 Å². The van der Waals surface area contributed by atoms with Crippen LogP contribution in [0.15, 0.2) is 0 Å². The lowest BCUT2D eigenvalue weighted by Crippen LogP contribution is -2.42. The molecule has 1 nitrogen and oxygen atoms in total. The molecule has 0 aliphatic heterocycles. The van der Waals surface area contributed by atoms with Crippen LogP contribution in [0, 0.1) is 16.7 Å². The first-order valence-corrected chi connectivity index (χ1v) is 5.16. The van der Waals surface area contributed by atoms with E-state index in [-0.39, 0.29) is 11.5 Å². The average molecular weight is 168 g/mol. The Bertz CT molecular complexity index is 197. The van der Waals surface area contributed by atoms with Crippen LogP contribution in [-0.4, -0.2) is 11.2 Å². The van der Waals surface area contributed by atoms with Gasteiger partial charge in [-0.2, -0.15) is 0 Å². The van der Waals surface area contributed by atoms with E-state index in [1.807, 2.05) is 0 Å². The number of hydrogen-bond acceptors (Lipinski definition) is 1. The Hall–Kier alpha value is -0.0400. The minimum Gasteiger partial charge on any atom is -0.393 e. The molecule has 12 heavy (non-hydrogen) atoms. The van der Waals surface area contributed by atoms with Crippen molar-refractivity contribution in [2.24, 2.45) is 16.7 Å². The summed E-state index contributed by atoms with van der Waals surface area (Å²) in [6, 6.07) is 0. The van der Waals surface area contributed by atoms with E-state index in [1.54, 1.807) is 0 Å². The summed E-state index contributed by atoms with van der Waals surface area (Å²) in [6.45, 7) is 6.96. The maximum atomic E-state index is 9.99. The number of hydrogen-bond donors (Lipinski definition) is 1. The third-order valence-electron chi connectivity index (χ3n) is 4.98. The summed E-state index contributed by atoms with van der Waals surface area (Å²) < 4.78 is 0. The minimum atomic E-state index is -0.0417. The van der Waals surface area contributed by atoms with E-state index in [2.05, 4.69) is 20.8 Å². The molecule has 0 amide bonds. The second-order valence-corrected chi connectivity index (χ2v) is 5.48. The van der Waals surface area contributed by atoms with E-state index in [4.69, 9.17) is 0 Å². The minimum absolute atomic E-state index is 0.0417. The van der Waals surface area contributed by atoms with Crippen LogP contribution in [0.3, 0.4) is 0 Å². The van der Waals surface area contributed by atoms with Gasteiger partial charge in [-0.3, -0.25) is 0 Å². The van der Waals surface area contributed by atoms with Crippen molar-refractivity contribution < 1.29 is 5.11 Å². The molecule has 0 heterocycles. The van der Waals surface area contributed by atoms with Gasteiger partial charge in [-0.05, 0) is 36.0 Å². The molecule has 2 fully saturated rings. The van der Waals surface area contributed by atoms with Gasteiger partial charge >= 0.3 is 0 Å². The lowest BCUT2D eigenvalue weighted by atomic mass is 9.59. The first kappa shape index (κ1) is 8.55. The molecule has 70 valence electrons. The molecule has 0 saturated heterocycles. The van der Waals surface area contributed by atoms with Gasteiger partial charge in [-0.25, -0.2) is 0 Å². The summed E-state index contributed by atoms with van der Waals surface area (Å²) >= 11 is 0. The van der Waals surface area contributed by atoms with Crippen molar-refractivity contribution in [1.29, 1.82) is 0 Å². The number of aliphatic hydroxyl groups is 1. The molecule has 0 radical (unpaired) electrons. The van der Waals surface area contributed by atoms with Crippen LogP contribution in [0.25, 0.3) is 0 Å². The van der Waals surface area contributed by atoms with Crippen LogP contribution < -0.4 is 0 Å². The van der Waals surface area contributed by atoms with Gasteiger partial charge in [-0.15, -0.1) is 0 Å². The van der Waals surface area contributed by atoms with Crippen LogP contribution >= 0.6 is 0 Å².